The van der Waals surface area contributed by atoms with Crippen LogP contribution >= 0.6 is 11.6 Å². The molecule has 0 bridgehead atoms. The molecule has 0 aliphatic carbocycles. The normalized spacial score (nSPS) is 15.1. The van der Waals surface area contributed by atoms with E-state index in [0.717, 1.165) is 11.1 Å². The topological polar surface area (TPSA) is 57.6 Å². The molecule has 0 amide bonds. The second kappa shape index (κ2) is 5.42. The maximum atomic E-state index is 12.7. The molecule has 21 heavy (non-hydrogen) atoms. The van der Waals surface area contributed by atoms with Gasteiger partial charge in [-0.3, -0.25) is 0 Å². The second-order valence-corrected chi connectivity index (χ2v) is 7.30. The highest BCUT2D eigenvalue weighted by molar-refractivity contribution is 7.89. The highest BCUT2D eigenvalue weighted by Gasteiger charge is 2.30. The largest absolute Gasteiger partial charge is 0.392 e. The second-order valence-electron chi connectivity index (χ2n) is 4.95. The maximum absolute atomic E-state index is 12.7. The van der Waals surface area contributed by atoms with Gasteiger partial charge in [-0.15, -0.1) is 0 Å². The summed E-state index contributed by atoms with van der Waals surface area (Å²) in [6.07, 6.45) is 0. The fraction of sp³-hybridized carbons (Fsp3) is 0.200. The van der Waals surface area contributed by atoms with Crippen LogP contribution < -0.4 is 0 Å². The molecule has 0 radical (unpaired) electrons. The van der Waals surface area contributed by atoms with E-state index in [1.807, 2.05) is 24.3 Å². The zero-order valence-electron chi connectivity index (χ0n) is 11.2. The van der Waals surface area contributed by atoms with E-state index in [1.165, 1.54) is 16.4 Å². The van der Waals surface area contributed by atoms with Crippen molar-refractivity contribution in [1.82, 2.24) is 4.31 Å². The number of aliphatic hydroxyl groups excluding tert-OH is 1. The van der Waals surface area contributed by atoms with Crippen LogP contribution in [0.25, 0.3) is 0 Å². The van der Waals surface area contributed by atoms with Gasteiger partial charge in [0.05, 0.1) is 11.5 Å². The number of nitrogens with zero attached hydrogens (tertiary/aromatic N) is 1. The Morgan fingerprint density at radius 3 is 2.24 bits per heavy atom. The van der Waals surface area contributed by atoms with Crippen molar-refractivity contribution in [3.05, 3.63) is 64.2 Å². The van der Waals surface area contributed by atoms with Gasteiger partial charge in [-0.1, -0.05) is 41.9 Å². The molecule has 0 unspecified atom stereocenters. The summed E-state index contributed by atoms with van der Waals surface area (Å²) in [5, 5.41) is 9.36. The predicted octanol–water partition coefficient (Wildman–Crippen LogP) is 2.54. The smallest absolute Gasteiger partial charge is 0.243 e. The van der Waals surface area contributed by atoms with Gasteiger partial charge in [0.25, 0.3) is 0 Å². The van der Waals surface area contributed by atoms with Gasteiger partial charge in [0.2, 0.25) is 10.0 Å². The molecule has 4 nitrogen and oxygen atoms in total. The zero-order chi connectivity index (χ0) is 15.0. The van der Waals surface area contributed by atoms with Crippen molar-refractivity contribution in [3.63, 3.8) is 0 Å². The van der Waals surface area contributed by atoms with Crippen LogP contribution in [0.4, 0.5) is 0 Å². The lowest BCUT2D eigenvalue weighted by atomic mass is 10.1. The lowest BCUT2D eigenvalue weighted by Crippen LogP contribution is -2.25. The van der Waals surface area contributed by atoms with Crippen LogP contribution in [0.15, 0.2) is 47.4 Å². The van der Waals surface area contributed by atoms with Crippen molar-refractivity contribution in [2.24, 2.45) is 0 Å². The van der Waals surface area contributed by atoms with E-state index >= 15 is 0 Å². The maximum Gasteiger partial charge on any atom is 0.243 e. The summed E-state index contributed by atoms with van der Waals surface area (Å²) in [5.41, 5.74) is 2.57. The van der Waals surface area contributed by atoms with Gasteiger partial charge in [0.15, 0.2) is 0 Å². The molecule has 0 atom stereocenters. The number of benzene rings is 2. The van der Waals surface area contributed by atoms with E-state index in [-0.39, 0.29) is 16.5 Å². The number of halogens is 1. The minimum atomic E-state index is -3.59. The molecule has 1 N–H and O–H groups in total. The van der Waals surface area contributed by atoms with E-state index < -0.39 is 10.0 Å². The van der Waals surface area contributed by atoms with Crippen LogP contribution in [0.2, 0.25) is 5.02 Å². The van der Waals surface area contributed by atoms with Gasteiger partial charge in [-0.25, -0.2) is 8.42 Å². The van der Waals surface area contributed by atoms with Gasteiger partial charge >= 0.3 is 0 Å². The minimum absolute atomic E-state index is 0.150. The van der Waals surface area contributed by atoms with Gasteiger partial charge in [-0.05, 0) is 28.8 Å². The average molecular weight is 324 g/mol. The number of hydrogen-bond donors (Lipinski definition) is 1. The van der Waals surface area contributed by atoms with E-state index in [2.05, 4.69) is 0 Å². The highest BCUT2D eigenvalue weighted by atomic mass is 35.5. The fourth-order valence-electron chi connectivity index (χ4n) is 2.44. The Bertz CT molecular complexity index is 764. The molecule has 1 heterocycles. The van der Waals surface area contributed by atoms with Crippen molar-refractivity contribution in [1.29, 1.82) is 0 Å². The molecule has 0 saturated heterocycles. The van der Waals surface area contributed by atoms with Crippen molar-refractivity contribution >= 4 is 21.6 Å². The Kier molecular flexibility index (Phi) is 3.75. The average Bonchev–Trinajstić information content (AvgIpc) is 2.92. The van der Waals surface area contributed by atoms with Crippen LogP contribution in [-0.2, 0) is 29.7 Å². The van der Waals surface area contributed by atoms with Crippen LogP contribution in [0, 0.1) is 0 Å². The summed E-state index contributed by atoms with van der Waals surface area (Å²) in [4.78, 5) is 0.150. The highest BCUT2D eigenvalue weighted by Crippen LogP contribution is 2.30. The summed E-state index contributed by atoms with van der Waals surface area (Å²) in [7, 11) is -3.59. The third kappa shape index (κ3) is 2.58. The Labute approximate surface area is 128 Å². The molecule has 110 valence electrons. The lowest BCUT2D eigenvalue weighted by molar-refractivity contribution is 0.282. The van der Waals surface area contributed by atoms with Gasteiger partial charge < -0.3 is 5.11 Å². The Balaban J connectivity index is 1.94. The Morgan fingerprint density at radius 1 is 1.10 bits per heavy atom. The molecule has 6 heteroatoms. The number of hydrogen-bond acceptors (Lipinski definition) is 3. The monoisotopic (exact) mass is 323 g/mol. The van der Waals surface area contributed by atoms with E-state index in [1.54, 1.807) is 6.07 Å². The zero-order valence-corrected chi connectivity index (χ0v) is 12.7. The molecule has 0 fully saturated rings. The summed E-state index contributed by atoms with van der Waals surface area (Å²) >= 11 is 5.99. The van der Waals surface area contributed by atoms with Crippen molar-refractivity contribution < 1.29 is 13.5 Å². The number of sulfonamides is 1. The minimum Gasteiger partial charge on any atom is -0.392 e. The van der Waals surface area contributed by atoms with Gasteiger partial charge in [0, 0.05) is 18.1 Å². The number of fused-ring (bicyclic) bond motifs is 1. The molecular formula is C15H14ClNO3S. The fourth-order valence-corrected chi connectivity index (χ4v) is 4.17. The molecular weight excluding hydrogens is 310 g/mol. The lowest BCUT2D eigenvalue weighted by Gasteiger charge is -2.16. The summed E-state index contributed by atoms with van der Waals surface area (Å²) < 4.78 is 26.8. The molecule has 2 aromatic rings. The summed E-state index contributed by atoms with van der Waals surface area (Å²) in [6.45, 7) is 0.532. The molecule has 0 spiro atoms. The first-order valence-corrected chi connectivity index (χ1v) is 8.30. The van der Waals surface area contributed by atoms with Crippen molar-refractivity contribution in [3.8, 4) is 0 Å². The van der Waals surface area contributed by atoms with E-state index in [0.29, 0.717) is 18.7 Å². The van der Waals surface area contributed by atoms with Crippen LogP contribution in [0.5, 0.6) is 0 Å². The Morgan fingerprint density at radius 2 is 1.71 bits per heavy atom. The van der Waals surface area contributed by atoms with Crippen LogP contribution in [-0.4, -0.2) is 17.8 Å². The standard InChI is InChI=1S/C15H14ClNO3S/c16-15-7-14(6-5-13(15)10-18)21(19,20)17-8-11-3-1-2-4-12(11)9-17/h1-7,18H,8-10H2. The first-order chi connectivity index (χ1) is 10.0. The van der Waals surface area contributed by atoms with Crippen molar-refractivity contribution in [2.75, 3.05) is 0 Å². The third-order valence-electron chi connectivity index (χ3n) is 3.64. The van der Waals surface area contributed by atoms with Crippen molar-refractivity contribution in [2.45, 2.75) is 24.6 Å². The summed E-state index contributed by atoms with van der Waals surface area (Å²) in [5.74, 6) is 0. The van der Waals surface area contributed by atoms with Gasteiger partial charge in [0.1, 0.15) is 0 Å². The molecule has 1 aliphatic heterocycles. The van der Waals surface area contributed by atoms with Gasteiger partial charge in [-0.2, -0.15) is 4.31 Å². The Hall–Kier alpha value is -1.40. The SMILES string of the molecule is O=S(=O)(c1ccc(CO)c(Cl)c1)N1Cc2ccccc2C1. The number of rotatable bonds is 3. The van der Waals surface area contributed by atoms with Crippen LogP contribution in [0.3, 0.4) is 0 Å². The first kappa shape index (κ1) is 14.5. The van der Waals surface area contributed by atoms with E-state index in [9.17, 15) is 8.42 Å². The molecule has 0 aromatic heterocycles. The number of aliphatic hydroxyl groups is 1. The molecule has 1 aliphatic rings. The quantitative estimate of drug-likeness (QED) is 0.944. The van der Waals surface area contributed by atoms with Crippen LogP contribution in [0.1, 0.15) is 16.7 Å². The molecule has 2 aromatic carbocycles. The third-order valence-corrected chi connectivity index (χ3v) is 5.78. The summed E-state index contributed by atoms with van der Waals surface area (Å²) in [6, 6.07) is 12.1. The first-order valence-electron chi connectivity index (χ1n) is 6.48. The predicted molar refractivity (Wildman–Crippen MR) is 80.2 cm³/mol. The molecule has 3 rings (SSSR count). The molecule has 0 saturated carbocycles. The van der Waals surface area contributed by atoms with E-state index in [4.69, 9.17) is 16.7 Å².